The lowest BCUT2D eigenvalue weighted by atomic mass is 9.62. The standard InChI is InChI=1S/C36H28N2O4/c1-2-21-42-26-15-10-14-25(22-26)32(39)30-31(33(40)24-12-4-3-5-13-24)38-20-19-23-11-6-7-16-27(23)34(38)36(30)28-17-8-9-18-29(28)37-35(36)41/h2-20,22,30-31,34H,1,21H2,(H,37,41)/t30-,31+,34-,36-/m1/s1. The lowest BCUT2D eigenvalue weighted by Crippen LogP contribution is -2.49. The van der Waals surface area contributed by atoms with Crippen molar-refractivity contribution >= 4 is 29.2 Å². The Bertz CT molecular complexity index is 1780. The molecular weight excluding hydrogens is 524 g/mol. The molecule has 0 aromatic heterocycles. The molecule has 1 saturated heterocycles. The van der Waals surface area contributed by atoms with Crippen LogP contribution in [0.2, 0.25) is 0 Å². The van der Waals surface area contributed by atoms with E-state index < -0.39 is 23.4 Å². The minimum Gasteiger partial charge on any atom is -0.490 e. The third kappa shape index (κ3) is 3.68. The van der Waals surface area contributed by atoms with Gasteiger partial charge >= 0.3 is 0 Å². The van der Waals surface area contributed by atoms with Crippen LogP contribution in [0.25, 0.3) is 6.08 Å². The lowest BCUT2D eigenvalue weighted by molar-refractivity contribution is -0.122. The van der Waals surface area contributed by atoms with Crippen LogP contribution in [-0.4, -0.2) is 35.0 Å². The van der Waals surface area contributed by atoms with Gasteiger partial charge in [0.15, 0.2) is 11.6 Å². The predicted molar refractivity (Wildman–Crippen MR) is 161 cm³/mol. The second-order valence-corrected chi connectivity index (χ2v) is 10.8. The van der Waals surface area contributed by atoms with Gasteiger partial charge in [0.1, 0.15) is 23.8 Å². The van der Waals surface area contributed by atoms with Gasteiger partial charge in [-0.05, 0) is 41.0 Å². The fraction of sp³-hybridized carbons (Fsp3) is 0.139. The first-order chi connectivity index (χ1) is 20.6. The van der Waals surface area contributed by atoms with Gasteiger partial charge in [-0.3, -0.25) is 14.4 Å². The number of ketones is 2. The molecule has 4 aromatic rings. The van der Waals surface area contributed by atoms with Crippen LogP contribution >= 0.6 is 0 Å². The van der Waals surface area contributed by atoms with E-state index in [-0.39, 0.29) is 24.1 Å². The topological polar surface area (TPSA) is 75.7 Å². The average Bonchev–Trinajstić information content (AvgIpc) is 3.52. The molecule has 0 unspecified atom stereocenters. The summed E-state index contributed by atoms with van der Waals surface area (Å²) >= 11 is 0. The summed E-state index contributed by atoms with van der Waals surface area (Å²) in [6, 6.07) is 29.8. The first-order valence-electron chi connectivity index (χ1n) is 14.0. The molecule has 1 spiro atoms. The number of carbonyl (C=O) groups is 3. The first-order valence-corrected chi connectivity index (χ1v) is 14.0. The predicted octanol–water partition coefficient (Wildman–Crippen LogP) is 6.23. The average molecular weight is 553 g/mol. The van der Waals surface area contributed by atoms with Crippen molar-refractivity contribution in [2.24, 2.45) is 5.92 Å². The summed E-state index contributed by atoms with van der Waals surface area (Å²) in [5.74, 6) is -1.32. The molecule has 4 aromatic carbocycles. The van der Waals surface area contributed by atoms with Crippen molar-refractivity contribution in [3.63, 3.8) is 0 Å². The zero-order chi connectivity index (χ0) is 28.8. The summed E-state index contributed by atoms with van der Waals surface area (Å²) in [5, 5.41) is 3.08. The zero-order valence-corrected chi connectivity index (χ0v) is 22.8. The van der Waals surface area contributed by atoms with Crippen LogP contribution in [0.1, 0.15) is 43.4 Å². The third-order valence-corrected chi connectivity index (χ3v) is 8.67. The maximum absolute atomic E-state index is 14.9. The summed E-state index contributed by atoms with van der Waals surface area (Å²) in [7, 11) is 0. The molecule has 0 saturated carbocycles. The Morgan fingerprint density at radius 2 is 1.62 bits per heavy atom. The van der Waals surface area contributed by atoms with Gasteiger partial charge in [-0.15, -0.1) is 0 Å². The van der Waals surface area contributed by atoms with E-state index in [1.54, 1.807) is 42.5 Å². The molecule has 1 fully saturated rings. The molecule has 3 heterocycles. The van der Waals surface area contributed by atoms with E-state index in [2.05, 4.69) is 11.9 Å². The number of hydrogen-bond donors (Lipinski definition) is 1. The monoisotopic (exact) mass is 552 g/mol. The molecule has 0 radical (unpaired) electrons. The van der Waals surface area contributed by atoms with Crippen LogP contribution in [-0.2, 0) is 10.2 Å². The number of nitrogens with zero attached hydrogens (tertiary/aromatic N) is 1. The number of nitrogens with one attached hydrogen (secondary N) is 1. The van der Waals surface area contributed by atoms with Crippen LogP contribution in [0.4, 0.5) is 5.69 Å². The number of anilines is 1. The van der Waals surface area contributed by atoms with Gasteiger partial charge in [-0.1, -0.05) is 97.6 Å². The molecule has 42 heavy (non-hydrogen) atoms. The van der Waals surface area contributed by atoms with Gasteiger partial charge in [0.05, 0.1) is 12.0 Å². The Morgan fingerprint density at radius 3 is 2.45 bits per heavy atom. The zero-order valence-electron chi connectivity index (χ0n) is 22.8. The molecule has 7 rings (SSSR count). The number of carbonyl (C=O) groups excluding carboxylic acids is 3. The summed E-state index contributed by atoms with van der Waals surface area (Å²) < 4.78 is 5.75. The minimum absolute atomic E-state index is 0.212. The molecule has 6 heteroatoms. The smallest absolute Gasteiger partial charge is 0.238 e. The number of fused-ring (bicyclic) bond motifs is 6. The maximum atomic E-state index is 14.9. The van der Waals surface area contributed by atoms with Gasteiger partial charge in [-0.25, -0.2) is 0 Å². The Kier molecular flexibility index (Phi) is 6.12. The van der Waals surface area contributed by atoms with Crippen molar-refractivity contribution in [1.82, 2.24) is 4.90 Å². The molecule has 6 nitrogen and oxygen atoms in total. The second-order valence-electron chi connectivity index (χ2n) is 10.8. The lowest BCUT2D eigenvalue weighted by Gasteiger charge is -2.38. The Labute approximate surface area is 243 Å². The van der Waals surface area contributed by atoms with Crippen LogP contribution < -0.4 is 10.1 Å². The van der Waals surface area contributed by atoms with E-state index in [0.29, 0.717) is 22.6 Å². The number of benzene rings is 4. The van der Waals surface area contributed by atoms with Gasteiger partial charge in [-0.2, -0.15) is 0 Å². The second kappa shape index (κ2) is 10.00. The number of para-hydroxylation sites is 1. The van der Waals surface area contributed by atoms with Crippen molar-refractivity contribution in [2.75, 3.05) is 11.9 Å². The first kappa shape index (κ1) is 25.7. The number of ether oxygens (including phenoxy) is 1. The number of rotatable bonds is 7. The van der Waals surface area contributed by atoms with E-state index in [4.69, 9.17) is 4.74 Å². The van der Waals surface area contributed by atoms with Crippen LogP contribution in [0.15, 0.2) is 122 Å². The number of Topliss-reactive ketones (excluding diaryl/α,β-unsaturated/α-hetero) is 2. The van der Waals surface area contributed by atoms with Crippen molar-refractivity contribution in [3.05, 3.63) is 150 Å². The molecule has 0 aliphatic carbocycles. The summed E-state index contributed by atoms with van der Waals surface area (Å²) in [6.07, 6.45) is 5.47. The van der Waals surface area contributed by atoms with E-state index in [0.717, 1.165) is 16.7 Å². The maximum Gasteiger partial charge on any atom is 0.238 e. The van der Waals surface area contributed by atoms with E-state index in [9.17, 15) is 14.4 Å². The quantitative estimate of drug-likeness (QED) is 0.217. The van der Waals surface area contributed by atoms with Gasteiger partial charge in [0.2, 0.25) is 5.91 Å². The summed E-state index contributed by atoms with van der Waals surface area (Å²) in [4.78, 5) is 45.9. The molecule has 206 valence electrons. The van der Waals surface area contributed by atoms with Crippen LogP contribution in [0.3, 0.4) is 0 Å². The normalized spacial score (nSPS) is 23.1. The van der Waals surface area contributed by atoms with Gasteiger partial charge in [0, 0.05) is 23.0 Å². The van der Waals surface area contributed by atoms with Crippen molar-refractivity contribution in [1.29, 1.82) is 0 Å². The highest BCUT2D eigenvalue weighted by Crippen LogP contribution is 2.62. The molecule has 1 amide bonds. The molecule has 0 bridgehead atoms. The van der Waals surface area contributed by atoms with Gasteiger partial charge in [0.25, 0.3) is 0 Å². The molecule has 1 N–H and O–H groups in total. The minimum atomic E-state index is -1.37. The Morgan fingerprint density at radius 1 is 0.881 bits per heavy atom. The molecule has 3 aliphatic heterocycles. The summed E-state index contributed by atoms with van der Waals surface area (Å²) in [5.41, 5.74) is 2.71. The number of hydrogen-bond acceptors (Lipinski definition) is 5. The Balaban J connectivity index is 1.50. The highest BCUT2D eigenvalue weighted by atomic mass is 16.5. The SMILES string of the molecule is C=CCOc1cccc(C(=O)[C@H]2[C@@H](C(=O)c3ccccc3)N3C=Cc4ccccc4[C@@H]3[C@]23C(=O)Nc2ccccc23)c1. The van der Waals surface area contributed by atoms with Crippen molar-refractivity contribution in [3.8, 4) is 5.75 Å². The fourth-order valence-electron chi connectivity index (χ4n) is 7.01. The van der Waals surface area contributed by atoms with Crippen molar-refractivity contribution in [2.45, 2.75) is 17.5 Å². The molecular formula is C36H28N2O4. The third-order valence-electron chi connectivity index (χ3n) is 8.67. The van der Waals surface area contributed by atoms with Crippen LogP contribution in [0.5, 0.6) is 5.75 Å². The highest BCUT2D eigenvalue weighted by Gasteiger charge is 2.70. The van der Waals surface area contributed by atoms with E-state index >= 15 is 0 Å². The van der Waals surface area contributed by atoms with E-state index in [1.807, 2.05) is 83.9 Å². The van der Waals surface area contributed by atoms with E-state index in [1.165, 1.54) is 0 Å². The fourth-order valence-corrected chi connectivity index (χ4v) is 7.01. The molecule has 4 atom stereocenters. The number of amides is 1. The Hall–Kier alpha value is -5.23. The summed E-state index contributed by atoms with van der Waals surface area (Å²) in [6.45, 7) is 3.99. The molecule has 3 aliphatic rings. The van der Waals surface area contributed by atoms with Crippen molar-refractivity contribution < 1.29 is 19.1 Å². The highest BCUT2D eigenvalue weighted by molar-refractivity contribution is 6.16. The van der Waals surface area contributed by atoms with Gasteiger partial charge < -0.3 is 15.0 Å². The van der Waals surface area contributed by atoms with Crippen LogP contribution in [0, 0.1) is 5.92 Å². The largest absolute Gasteiger partial charge is 0.490 e.